The Kier molecular flexibility index (Phi) is 7.24. The Balaban J connectivity index is 2.80. The van der Waals surface area contributed by atoms with Crippen LogP contribution in [0.25, 0.3) is 0 Å². The van der Waals surface area contributed by atoms with Gasteiger partial charge in [0.05, 0.1) is 12.0 Å². The Hall–Kier alpha value is -2.97. The molecule has 0 fully saturated rings. The van der Waals surface area contributed by atoms with E-state index in [0.717, 1.165) is 13.2 Å². The fraction of sp³-hybridized carbons (Fsp3) is 0.471. The summed E-state index contributed by atoms with van der Waals surface area (Å²) in [5, 5.41) is 13.2. The van der Waals surface area contributed by atoms with Gasteiger partial charge >= 0.3 is 11.9 Å². The highest BCUT2D eigenvalue weighted by Gasteiger charge is 2.25. The van der Waals surface area contributed by atoms with Gasteiger partial charge in [0.1, 0.15) is 11.6 Å². The first kappa shape index (κ1) is 21.1. The molecule has 0 unspecified atom stereocenters. The Morgan fingerprint density at radius 3 is 2.46 bits per heavy atom. The number of amides is 1. The van der Waals surface area contributed by atoms with Crippen LogP contribution in [0.4, 0.5) is 5.69 Å². The van der Waals surface area contributed by atoms with Gasteiger partial charge in [0.15, 0.2) is 0 Å². The topological polar surface area (TPSA) is 125 Å². The van der Waals surface area contributed by atoms with Gasteiger partial charge in [-0.1, -0.05) is 6.07 Å². The number of benzene rings is 1. The summed E-state index contributed by atoms with van der Waals surface area (Å²) in [6.45, 7) is 5.15. The summed E-state index contributed by atoms with van der Waals surface area (Å²) in [5.41, 5.74) is -0.893. The number of ether oxygens (including phenoxy) is 2. The molecule has 9 nitrogen and oxygen atoms in total. The number of carbonyl (C=O) groups excluding carboxylic acids is 3. The zero-order valence-electron chi connectivity index (χ0n) is 15.1. The predicted molar refractivity (Wildman–Crippen MR) is 91.4 cm³/mol. The summed E-state index contributed by atoms with van der Waals surface area (Å²) in [6, 6.07) is 4.00. The molecule has 1 atom stereocenters. The number of non-ortho nitro benzene ring substituents is 1. The smallest absolute Gasteiger partial charge is 0.328 e. The van der Waals surface area contributed by atoms with Crippen LogP contribution in [0.2, 0.25) is 0 Å². The first-order valence-corrected chi connectivity index (χ1v) is 7.88. The fourth-order valence-electron chi connectivity index (χ4n) is 2.05. The summed E-state index contributed by atoms with van der Waals surface area (Å²) >= 11 is 0. The number of esters is 2. The van der Waals surface area contributed by atoms with Crippen molar-refractivity contribution in [3.63, 3.8) is 0 Å². The van der Waals surface area contributed by atoms with Gasteiger partial charge in [-0.3, -0.25) is 19.7 Å². The van der Waals surface area contributed by atoms with Crippen molar-refractivity contribution in [3.05, 3.63) is 39.9 Å². The van der Waals surface area contributed by atoms with Crippen LogP contribution in [0.5, 0.6) is 0 Å². The van der Waals surface area contributed by atoms with Crippen LogP contribution >= 0.6 is 0 Å². The van der Waals surface area contributed by atoms with Gasteiger partial charge in [-0.15, -0.1) is 0 Å². The summed E-state index contributed by atoms with van der Waals surface area (Å²) in [5.74, 6) is -1.93. The van der Waals surface area contributed by atoms with Gasteiger partial charge in [0.25, 0.3) is 11.6 Å². The summed E-state index contributed by atoms with van der Waals surface area (Å²) in [7, 11) is 1.16. The zero-order chi connectivity index (χ0) is 19.9. The quantitative estimate of drug-likeness (QED) is 0.444. The van der Waals surface area contributed by atoms with Gasteiger partial charge in [-0.25, -0.2) is 4.79 Å². The number of methoxy groups -OCH3 is 1. The van der Waals surface area contributed by atoms with Crippen molar-refractivity contribution in [1.29, 1.82) is 0 Å². The molecule has 0 aliphatic heterocycles. The highest BCUT2D eigenvalue weighted by Crippen LogP contribution is 2.14. The maximum Gasteiger partial charge on any atom is 0.328 e. The van der Waals surface area contributed by atoms with Gasteiger partial charge in [0, 0.05) is 24.1 Å². The van der Waals surface area contributed by atoms with E-state index in [1.807, 2.05) is 0 Å². The van der Waals surface area contributed by atoms with Crippen molar-refractivity contribution in [2.45, 2.75) is 45.3 Å². The van der Waals surface area contributed by atoms with Crippen molar-refractivity contribution in [2.24, 2.45) is 0 Å². The van der Waals surface area contributed by atoms with Crippen molar-refractivity contribution in [2.75, 3.05) is 7.11 Å². The molecule has 0 aliphatic carbocycles. The minimum atomic E-state index is -1.08. The van der Waals surface area contributed by atoms with Crippen LogP contribution in [-0.2, 0) is 19.1 Å². The summed E-state index contributed by atoms with van der Waals surface area (Å²) in [6.07, 6.45) is -0.130. The Labute approximate surface area is 150 Å². The molecule has 0 aromatic heterocycles. The minimum absolute atomic E-state index is 0.0189. The number of carbonyl (C=O) groups is 3. The second-order valence-corrected chi connectivity index (χ2v) is 6.48. The lowest BCUT2D eigenvalue weighted by atomic mass is 10.1. The molecule has 0 radical (unpaired) electrons. The third-order valence-electron chi connectivity index (χ3n) is 3.17. The van der Waals surface area contributed by atoms with E-state index in [1.165, 1.54) is 18.2 Å². The molecule has 0 spiro atoms. The average molecular weight is 366 g/mol. The number of nitrogens with one attached hydrogen (secondary N) is 1. The fourth-order valence-corrected chi connectivity index (χ4v) is 2.05. The van der Waals surface area contributed by atoms with E-state index in [1.54, 1.807) is 20.8 Å². The lowest BCUT2D eigenvalue weighted by Gasteiger charge is -2.21. The van der Waals surface area contributed by atoms with E-state index < -0.39 is 34.4 Å². The maximum absolute atomic E-state index is 12.3. The third kappa shape index (κ3) is 6.88. The molecular weight excluding hydrogens is 344 g/mol. The van der Waals surface area contributed by atoms with E-state index in [0.29, 0.717) is 0 Å². The molecule has 0 heterocycles. The van der Waals surface area contributed by atoms with Crippen molar-refractivity contribution in [3.8, 4) is 0 Å². The summed E-state index contributed by atoms with van der Waals surface area (Å²) < 4.78 is 9.78. The molecular formula is C17H22N2O7. The molecule has 0 bridgehead atoms. The number of hydrogen-bond donors (Lipinski definition) is 1. The first-order chi connectivity index (χ1) is 12.0. The average Bonchev–Trinajstić information content (AvgIpc) is 2.56. The Morgan fingerprint density at radius 2 is 1.92 bits per heavy atom. The molecule has 142 valence electrons. The van der Waals surface area contributed by atoms with Gasteiger partial charge in [0.2, 0.25) is 0 Å². The van der Waals surface area contributed by atoms with Crippen molar-refractivity contribution >= 4 is 23.5 Å². The first-order valence-electron chi connectivity index (χ1n) is 7.88. The van der Waals surface area contributed by atoms with Crippen LogP contribution in [-0.4, -0.2) is 41.5 Å². The van der Waals surface area contributed by atoms with Crippen LogP contribution in [0, 0.1) is 10.1 Å². The van der Waals surface area contributed by atoms with E-state index in [2.05, 4.69) is 10.1 Å². The second kappa shape index (κ2) is 8.93. The maximum atomic E-state index is 12.3. The molecule has 0 saturated carbocycles. The van der Waals surface area contributed by atoms with Crippen LogP contribution in [0.3, 0.4) is 0 Å². The number of nitro groups is 1. The third-order valence-corrected chi connectivity index (χ3v) is 3.17. The number of nitro benzene ring substituents is 1. The highest BCUT2D eigenvalue weighted by atomic mass is 16.6. The van der Waals surface area contributed by atoms with Crippen LogP contribution in [0.1, 0.15) is 44.0 Å². The van der Waals surface area contributed by atoms with Crippen LogP contribution in [0.15, 0.2) is 24.3 Å². The van der Waals surface area contributed by atoms with E-state index in [4.69, 9.17) is 4.74 Å². The number of hydrogen-bond acceptors (Lipinski definition) is 7. The molecule has 9 heteroatoms. The van der Waals surface area contributed by atoms with Crippen LogP contribution < -0.4 is 5.32 Å². The van der Waals surface area contributed by atoms with E-state index >= 15 is 0 Å². The van der Waals surface area contributed by atoms with Gasteiger partial charge in [-0.2, -0.15) is 0 Å². The van der Waals surface area contributed by atoms with Gasteiger partial charge in [-0.05, 0) is 33.3 Å². The zero-order valence-corrected chi connectivity index (χ0v) is 15.1. The molecule has 0 saturated heterocycles. The molecule has 26 heavy (non-hydrogen) atoms. The van der Waals surface area contributed by atoms with E-state index in [-0.39, 0.29) is 24.1 Å². The molecule has 1 aromatic carbocycles. The Bertz CT molecular complexity index is 695. The molecule has 1 aromatic rings. The predicted octanol–water partition coefficient (Wildman–Crippen LogP) is 1.99. The largest absolute Gasteiger partial charge is 0.467 e. The number of nitrogens with zero attached hydrogens (tertiary/aromatic N) is 1. The Morgan fingerprint density at radius 1 is 1.27 bits per heavy atom. The SMILES string of the molecule is COC(=O)[C@@H](CCC(=O)OC(C)(C)C)NC(=O)c1cccc([N+](=O)[O-])c1. The monoisotopic (exact) mass is 366 g/mol. The van der Waals surface area contributed by atoms with Crippen molar-refractivity contribution in [1.82, 2.24) is 5.32 Å². The molecule has 1 amide bonds. The molecule has 0 aliphatic rings. The highest BCUT2D eigenvalue weighted by molar-refractivity contribution is 5.97. The van der Waals surface area contributed by atoms with Gasteiger partial charge < -0.3 is 14.8 Å². The second-order valence-electron chi connectivity index (χ2n) is 6.48. The summed E-state index contributed by atoms with van der Waals surface area (Å²) in [4.78, 5) is 46.1. The lowest BCUT2D eigenvalue weighted by Crippen LogP contribution is -2.42. The minimum Gasteiger partial charge on any atom is -0.467 e. The lowest BCUT2D eigenvalue weighted by molar-refractivity contribution is -0.384. The van der Waals surface area contributed by atoms with E-state index in [9.17, 15) is 24.5 Å². The normalized spacial score (nSPS) is 12.0. The standard InChI is InChI=1S/C17H22N2O7/c1-17(2,3)26-14(20)9-8-13(16(22)25-4)18-15(21)11-6-5-7-12(10-11)19(23)24/h5-7,10,13H,8-9H2,1-4H3,(H,18,21)/t13-/m1/s1. The number of rotatable bonds is 7. The molecule has 1 rings (SSSR count). The van der Waals surface area contributed by atoms with Crippen molar-refractivity contribution < 1.29 is 28.8 Å². The molecule has 1 N–H and O–H groups in total.